The summed E-state index contributed by atoms with van der Waals surface area (Å²) in [5, 5.41) is 0. The van der Waals surface area contributed by atoms with E-state index in [9.17, 15) is 0 Å². The molecular weight excluding hydrogens is 330 g/mol. The van der Waals surface area contributed by atoms with E-state index < -0.39 is 0 Å². The number of para-hydroxylation sites is 3. The molecule has 0 saturated carbocycles. The molecule has 2 aromatic carbocycles. The monoisotopic (exact) mass is 359 g/mol. The van der Waals surface area contributed by atoms with Crippen LogP contribution < -0.4 is 4.90 Å². The second-order valence-electron chi connectivity index (χ2n) is 7.67. The number of rotatable bonds is 7. The SMILES string of the molecule is CCCCC1=Cn2c(nc3ccccc32)C(CCN(C)c2ccccc2)C1. The largest absolute Gasteiger partial charge is 0.375 e. The number of hydrogen-bond acceptors (Lipinski definition) is 2. The Balaban J connectivity index is 1.58. The number of fused-ring (bicyclic) bond motifs is 3. The summed E-state index contributed by atoms with van der Waals surface area (Å²) in [5.74, 6) is 1.72. The van der Waals surface area contributed by atoms with Gasteiger partial charge in [0.2, 0.25) is 0 Å². The molecule has 0 N–H and O–H groups in total. The topological polar surface area (TPSA) is 21.1 Å². The Kier molecular flexibility index (Phi) is 5.28. The molecule has 0 aliphatic carbocycles. The third-order valence-corrected chi connectivity index (χ3v) is 5.67. The van der Waals surface area contributed by atoms with E-state index in [4.69, 9.17) is 4.98 Å². The molecule has 2 heterocycles. The van der Waals surface area contributed by atoms with Crippen molar-refractivity contribution >= 4 is 22.9 Å². The molecule has 3 heteroatoms. The van der Waals surface area contributed by atoms with Crippen molar-refractivity contribution in [3.05, 3.63) is 66.0 Å². The molecule has 0 bridgehead atoms. The standard InChI is InChI=1S/C24H29N3/c1-3-4-10-19-17-20(15-16-26(2)21-11-6-5-7-12-21)24-25-22-13-8-9-14-23(22)27(24)18-19/h5-9,11-14,18,20H,3-4,10,15-17H2,1-2H3. The predicted octanol–water partition coefficient (Wildman–Crippen LogP) is 6.08. The number of anilines is 1. The molecule has 3 aromatic rings. The molecule has 4 rings (SSSR count). The van der Waals surface area contributed by atoms with Gasteiger partial charge in [0.25, 0.3) is 0 Å². The number of hydrogen-bond donors (Lipinski definition) is 0. The summed E-state index contributed by atoms with van der Waals surface area (Å²) >= 11 is 0. The molecule has 0 fully saturated rings. The van der Waals surface area contributed by atoms with Crippen LogP contribution in [-0.4, -0.2) is 23.1 Å². The van der Waals surface area contributed by atoms with Crippen LogP contribution in [0.15, 0.2) is 60.2 Å². The summed E-state index contributed by atoms with van der Waals surface area (Å²) < 4.78 is 2.36. The summed E-state index contributed by atoms with van der Waals surface area (Å²) in [6, 6.07) is 19.2. The van der Waals surface area contributed by atoms with Crippen molar-refractivity contribution in [2.75, 3.05) is 18.5 Å². The minimum absolute atomic E-state index is 0.486. The Morgan fingerprint density at radius 2 is 1.85 bits per heavy atom. The van der Waals surface area contributed by atoms with Crippen molar-refractivity contribution in [1.82, 2.24) is 9.55 Å². The minimum Gasteiger partial charge on any atom is -0.375 e. The van der Waals surface area contributed by atoms with Gasteiger partial charge in [-0.15, -0.1) is 0 Å². The van der Waals surface area contributed by atoms with Gasteiger partial charge in [-0.05, 0) is 49.9 Å². The smallest absolute Gasteiger partial charge is 0.117 e. The van der Waals surface area contributed by atoms with E-state index in [-0.39, 0.29) is 0 Å². The van der Waals surface area contributed by atoms with Gasteiger partial charge in [-0.1, -0.05) is 49.2 Å². The Morgan fingerprint density at radius 3 is 2.67 bits per heavy atom. The second kappa shape index (κ2) is 7.99. The van der Waals surface area contributed by atoms with E-state index in [1.165, 1.54) is 36.3 Å². The van der Waals surface area contributed by atoms with Crippen LogP contribution in [0.2, 0.25) is 0 Å². The van der Waals surface area contributed by atoms with Gasteiger partial charge >= 0.3 is 0 Å². The first-order chi connectivity index (χ1) is 13.3. The number of benzene rings is 2. The molecule has 1 atom stereocenters. The molecule has 1 unspecified atom stereocenters. The van der Waals surface area contributed by atoms with E-state index in [2.05, 4.69) is 84.2 Å². The van der Waals surface area contributed by atoms with Gasteiger partial charge in [0.15, 0.2) is 0 Å². The van der Waals surface area contributed by atoms with E-state index in [0.29, 0.717) is 5.92 Å². The van der Waals surface area contributed by atoms with Crippen LogP contribution >= 0.6 is 0 Å². The first kappa shape index (κ1) is 17.8. The maximum atomic E-state index is 5.00. The van der Waals surface area contributed by atoms with Crippen molar-refractivity contribution in [1.29, 1.82) is 0 Å². The van der Waals surface area contributed by atoms with Gasteiger partial charge in [-0.25, -0.2) is 4.98 Å². The highest BCUT2D eigenvalue weighted by molar-refractivity contribution is 5.79. The maximum absolute atomic E-state index is 5.00. The lowest BCUT2D eigenvalue weighted by Gasteiger charge is -2.27. The maximum Gasteiger partial charge on any atom is 0.117 e. The number of nitrogens with zero attached hydrogens (tertiary/aromatic N) is 3. The number of unbranched alkanes of at least 4 members (excludes halogenated alkanes) is 1. The van der Waals surface area contributed by atoms with Crippen molar-refractivity contribution in [3.8, 4) is 0 Å². The lowest BCUT2D eigenvalue weighted by molar-refractivity contribution is 0.554. The molecule has 1 aliphatic heterocycles. The summed E-state index contributed by atoms with van der Waals surface area (Å²) in [7, 11) is 2.19. The minimum atomic E-state index is 0.486. The normalized spacial score (nSPS) is 16.2. The highest BCUT2D eigenvalue weighted by Gasteiger charge is 2.25. The molecule has 1 aromatic heterocycles. The predicted molar refractivity (Wildman–Crippen MR) is 115 cm³/mol. The molecule has 0 amide bonds. The Labute approximate surface area is 162 Å². The van der Waals surface area contributed by atoms with Crippen LogP contribution in [0.5, 0.6) is 0 Å². The summed E-state index contributed by atoms with van der Waals surface area (Å²) in [6.07, 6.45) is 8.34. The molecule has 27 heavy (non-hydrogen) atoms. The molecular formula is C24H29N3. The van der Waals surface area contributed by atoms with Crippen molar-refractivity contribution in [2.24, 2.45) is 0 Å². The first-order valence-electron chi connectivity index (χ1n) is 10.2. The van der Waals surface area contributed by atoms with Crippen LogP contribution in [0.4, 0.5) is 5.69 Å². The lowest BCUT2D eigenvalue weighted by atomic mass is 9.90. The molecule has 140 valence electrons. The highest BCUT2D eigenvalue weighted by Crippen LogP contribution is 2.36. The Morgan fingerprint density at radius 1 is 1.07 bits per heavy atom. The van der Waals surface area contributed by atoms with Crippen LogP contribution in [0.3, 0.4) is 0 Å². The zero-order valence-corrected chi connectivity index (χ0v) is 16.4. The summed E-state index contributed by atoms with van der Waals surface area (Å²) in [6.45, 7) is 3.31. The molecule has 3 nitrogen and oxygen atoms in total. The zero-order chi connectivity index (χ0) is 18.6. The van der Waals surface area contributed by atoms with Crippen molar-refractivity contribution in [3.63, 3.8) is 0 Å². The number of imidazole rings is 1. The summed E-state index contributed by atoms with van der Waals surface area (Å²) in [5.41, 5.74) is 5.20. The van der Waals surface area contributed by atoms with Crippen molar-refractivity contribution in [2.45, 2.75) is 44.9 Å². The molecule has 0 spiro atoms. The molecule has 1 aliphatic rings. The van der Waals surface area contributed by atoms with Crippen LogP contribution in [-0.2, 0) is 0 Å². The van der Waals surface area contributed by atoms with Gasteiger partial charge in [0, 0.05) is 31.4 Å². The van der Waals surface area contributed by atoms with E-state index in [0.717, 1.165) is 24.9 Å². The Hall–Kier alpha value is -2.55. The third kappa shape index (κ3) is 3.78. The summed E-state index contributed by atoms with van der Waals surface area (Å²) in [4.78, 5) is 7.36. The average Bonchev–Trinajstić information content (AvgIpc) is 3.09. The van der Waals surface area contributed by atoms with Crippen LogP contribution in [0.1, 0.15) is 50.8 Å². The fraction of sp³-hybridized carbons (Fsp3) is 0.375. The zero-order valence-electron chi connectivity index (χ0n) is 16.4. The van der Waals surface area contributed by atoms with E-state index in [1.807, 2.05) is 0 Å². The van der Waals surface area contributed by atoms with Gasteiger partial charge < -0.3 is 9.47 Å². The Bertz CT molecular complexity index is 923. The van der Waals surface area contributed by atoms with Crippen LogP contribution in [0, 0.1) is 0 Å². The van der Waals surface area contributed by atoms with Crippen LogP contribution in [0.25, 0.3) is 17.2 Å². The molecule has 0 saturated heterocycles. The van der Waals surface area contributed by atoms with E-state index in [1.54, 1.807) is 5.57 Å². The third-order valence-electron chi connectivity index (χ3n) is 5.67. The van der Waals surface area contributed by atoms with Gasteiger partial charge in [0.1, 0.15) is 5.82 Å². The number of allylic oxidation sites excluding steroid dienone is 1. The highest BCUT2D eigenvalue weighted by atomic mass is 15.1. The van der Waals surface area contributed by atoms with E-state index >= 15 is 0 Å². The quantitative estimate of drug-likeness (QED) is 0.509. The number of aromatic nitrogens is 2. The van der Waals surface area contributed by atoms with Crippen molar-refractivity contribution < 1.29 is 0 Å². The fourth-order valence-corrected chi connectivity index (χ4v) is 4.09. The van der Waals surface area contributed by atoms with Gasteiger partial charge in [-0.2, -0.15) is 0 Å². The van der Waals surface area contributed by atoms with Gasteiger partial charge in [0.05, 0.1) is 11.0 Å². The van der Waals surface area contributed by atoms with Gasteiger partial charge in [-0.3, -0.25) is 0 Å². The average molecular weight is 360 g/mol. The second-order valence-corrected chi connectivity index (χ2v) is 7.67. The fourth-order valence-electron chi connectivity index (χ4n) is 4.09. The lowest BCUT2D eigenvalue weighted by Crippen LogP contribution is -2.22. The molecule has 0 radical (unpaired) electrons. The first-order valence-corrected chi connectivity index (χ1v) is 10.2.